The van der Waals surface area contributed by atoms with Crippen molar-refractivity contribution in [2.45, 2.75) is 51.1 Å². The first-order chi connectivity index (χ1) is 7.53. The topological polar surface area (TPSA) is 52.6 Å². The minimum absolute atomic E-state index is 0.581. The quantitative estimate of drug-likeness (QED) is 0.720. The number of nitrogens with one attached hydrogen (secondary N) is 1. The molecule has 16 heavy (non-hydrogen) atoms. The van der Waals surface area contributed by atoms with Crippen LogP contribution < -0.4 is 5.32 Å². The first kappa shape index (κ1) is 13.5. The van der Waals surface area contributed by atoms with E-state index in [4.69, 9.17) is 0 Å². The average molecular weight is 228 g/mol. The molecule has 1 fully saturated rings. The largest absolute Gasteiger partial charge is 0.480 e. The maximum Gasteiger partial charge on any atom is 0.324 e. The van der Waals surface area contributed by atoms with Crippen molar-refractivity contribution >= 4 is 5.97 Å². The molecule has 1 aliphatic carbocycles. The maximum absolute atomic E-state index is 11.2. The van der Waals surface area contributed by atoms with E-state index in [0.717, 1.165) is 6.54 Å². The predicted molar refractivity (Wildman–Crippen MR) is 64.6 cm³/mol. The number of hydrogen-bond donors (Lipinski definition) is 2. The molecule has 0 radical (unpaired) electrons. The molecule has 4 heteroatoms. The fourth-order valence-corrected chi connectivity index (χ4v) is 2.43. The molecule has 0 bridgehead atoms. The van der Waals surface area contributed by atoms with Gasteiger partial charge in [-0.05, 0) is 33.4 Å². The standard InChI is InChI=1S/C12H24N2O2/c1-4-14(10-7-5-6-8-10)9-12(2,13-3)11(15)16/h10,13H,4-9H2,1-3H3,(H,15,16). The summed E-state index contributed by atoms with van der Waals surface area (Å²) in [5, 5.41) is 12.2. The molecule has 1 aliphatic rings. The van der Waals surface area contributed by atoms with E-state index in [-0.39, 0.29) is 0 Å². The Hall–Kier alpha value is -0.610. The van der Waals surface area contributed by atoms with Crippen molar-refractivity contribution in [3.05, 3.63) is 0 Å². The van der Waals surface area contributed by atoms with Crippen molar-refractivity contribution in [1.82, 2.24) is 10.2 Å². The average Bonchev–Trinajstić information content (AvgIpc) is 2.78. The predicted octanol–water partition coefficient (Wildman–Crippen LogP) is 1.31. The van der Waals surface area contributed by atoms with Gasteiger partial charge in [0.05, 0.1) is 0 Å². The second-order valence-electron chi connectivity index (χ2n) is 4.89. The molecule has 0 saturated heterocycles. The van der Waals surface area contributed by atoms with Crippen molar-refractivity contribution < 1.29 is 9.90 Å². The molecule has 0 amide bonds. The molecule has 0 aromatic heterocycles. The fourth-order valence-electron chi connectivity index (χ4n) is 2.43. The van der Waals surface area contributed by atoms with Gasteiger partial charge in [-0.3, -0.25) is 9.69 Å². The van der Waals surface area contributed by atoms with Crippen molar-refractivity contribution in [3.8, 4) is 0 Å². The van der Waals surface area contributed by atoms with Crippen LogP contribution in [0.4, 0.5) is 0 Å². The summed E-state index contributed by atoms with van der Waals surface area (Å²) in [6.45, 7) is 5.37. The van der Waals surface area contributed by atoms with Gasteiger partial charge in [-0.15, -0.1) is 0 Å². The maximum atomic E-state index is 11.2. The van der Waals surface area contributed by atoms with E-state index in [0.29, 0.717) is 12.6 Å². The van der Waals surface area contributed by atoms with E-state index in [1.54, 1.807) is 14.0 Å². The van der Waals surface area contributed by atoms with Crippen molar-refractivity contribution in [1.29, 1.82) is 0 Å². The summed E-state index contributed by atoms with van der Waals surface area (Å²) >= 11 is 0. The Morgan fingerprint density at radius 2 is 2.06 bits per heavy atom. The lowest BCUT2D eigenvalue weighted by Crippen LogP contribution is -2.57. The highest BCUT2D eigenvalue weighted by atomic mass is 16.4. The normalized spacial score (nSPS) is 21.2. The summed E-state index contributed by atoms with van der Waals surface area (Å²) in [5.74, 6) is -0.772. The van der Waals surface area contributed by atoms with Crippen LogP contribution in [0.3, 0.4) is 0 Å². The Balaban J connectivity index is 2.63. The van der Waals surface area contributed by atoms with Crippen LogP contribution in [-0.4, -0.2) is 47.7 Å². The molecule has 4 nitrogen and oxygen atoms in total. The van der Waals surface area contributed by atoms with E-state index in [1.807, 2.05) is 0 Å². The highest BCUT2D eigenvalue weighted by Gasteiger charge is 2.35. The van der Waals surface area contributed by atoms with Gasteiger partial charge in [-0.1, -0.05) is 19.8 Å². The zero-order chi connectivity index (χ0) is 12.2. The van der Waals surface area contributed by atoms with Crippen LogP contribution >= 0.6 is 0 Å². The van der Waals surface area contributed by atoms with E-state index < -0.39 is 11.5 Å². The molecule has 0 aliphatic heterocycles. The van der Waals surface area contributed by atoms with Crippen molar-refractivity contribution in [2.24, 2.45) is 0 Å². The minimum Gasteiger partial charge on any atom is -0.480 e. The summed E-state index contributed by atoms with van der Waals surface area (Å²) in [6.07, 6.45) is 5.00. The van der Waals surface area contributed by atoms with Gasteiger partial charge >= 0.3 is 5.97 Å². The van der Waals surface area contributed by atoms with Gasteiger partial charge in [0, 0.05) is 12.6 Å². The number of nitrogens with zero attached hydrogens (tertiary/aromatic N) is 1. The molecule has 0 aromatic rings. The van der Waals surface area contributed by atoms with Crippen LogP contribution in [0, 0.1) is 0 Å². The number of likely N-dealkylation sites (N-methyl/N-ethyl adjacent to an activating group) is 2. The second kappa shape index (κ2) is 5.64. The first-order valence-electron chi connectivity index (χ1n) is 6.20. The highest BCUT2D eigenvalue weighted by molar-refractivity contribution is 5.78. The molecule has 0 aromatic carbocycles. The molecule has 1 saturated carbocycles. The van der Waals surface area contributed by atoms with Gasteiger partial charge in [-0.25, -0.2) is 0 Å². The Morgan fingerprint density at radius 1 is 1.50 bits per heavy atom. The van der Waals surface area contributed by atoms with E-state index in [2.05, 4.69) is 17.1 Å². The second-order valence-corrected chi connectivity index (χ2v) is 4.89. The minimum atomic E-state index is -0.835. The third kappa shape index (κ3) is 2.95. The molecular weight excluding hydrogens is 204 g/mol. The van der Waals surface area contributed by atoms with Crippen LogP contribution in [0.25, 0.3) is 0 Å². The monoisotopic (exact) mass is 228 g/mol. The molecule has 0 heterocycles. The van der Waals surface area contributed by atoms with Gasteiger partial charge in [0.25, 0.3) is 0 Å². The lowest BCUT2D eigenvalue weighted by Gasteiger charge is -2.35. The number of carboxylic acids is 1. The van der Waals surface area contributed by atoms with Gasteiger partial charge < -0.3 is 10.4 Å². The molecule has 1 unspecified atom stereocenters. The summed E-state index contributed by atoms with van der Waals surface area (Å²) in [6, 6.07) is 0.581. The Kier molecular flexibility index (Phi) is 4.74. The lowest BCUT2D eigenvalue weighted by molar-refractivity contribution is -0.145. The van der Waals surface area contributed by atoms with Crippen LogP contribution in [0.5, 0.6) is 0 Å². The van der Waals surface area contributed by atoms with Crippen LogP contribution in [0.15, 0.2) is 0 Å². The summed E-state index contributed by atoms with van der Waals surface area (Å²) in [5.41, 5.74) is -0.835. The molecule has 94 valence electrons. The molecule has 1 atom stereocenters. The first-order valence-corrected chi connectivity index (χ1v) is 6.20. The number of rotatable bonds is 6. The summed E-state index contributed by atoms with van der Waals surface area (Å²) < 4.78 is 0. The van der Waals surface area contributed by atoms with Gasteiger partial charge in [-0.2, -0.15) is 0 Å². The van der Waals surface area contributed by atoms with Crippen molar-refractivity contribution in [2.75, 3.05) is 20.1 Å². The van der Waals surface area contributed by atoms with Gasteiger partial charge in [0.1, 0.15) is 5.54 Å². The Bertz CT molecular complexity index is 239. The summed E-state index contributed by atoms with van der Waals surface area (Å²) in [7, 11) is 1.72. The Morgan fingerprint density at radius 3 is 2.44 bits per heavy atom. The van der Waals surface area contributed by atoms with E-state index in [9.17, 15) is 9.90 Å². The lowest BCUT2D eigenvalue weighted by atomic mass is 10.0. The number of hydrogen-bond acceptors (Lipinski definition) is 3. The third-order valence-corrected chi connectivity index (χ3v) is 3.79. The SMILES string of the molecule is CCN(CC(C)(NC)C(=O)O)C1CCCC1. The van der Waals surface area contributed by atoms with Crippen LogP contribution in [-0.2, 0) is 4.79 Å². The Labute approximate surface area is 98.0 Å². The fraction of sp³-hybridized carbons (Fsp3) is 0.917. The number of carboxylic acid groups (broad SMARTS) is 1. The van der Waals surface area contributed by atoms with Crippen LogP contribution in [0.1, 0.15) is 39.5 Å². The van der Waals surface area contributed by atoms with Crippen molar-refractivity contribution in [3.63, 3.8) is 0 Å². The zero-order valence-electron chi connectivity index (χ0n) is 10.6. The zero-order valence-corrected chi connectivity index (χ0v) is 10.6. The van der Waals surface area contributed by atoms with Gasteiger partial charge in [0.15, 0.2) is 0 Å². The van der Waals surface area contributed by atoms with Crippen LogP contribution in [0.2, 0.25) is 0 Å². The highest BCUT2D eigenvalue weighted by Crippen LogP contribution is 2.24. The third-order valence-electron chi connectivity index (χ3n) is 3.79. The number of carbonyl (C=O) groups is 1. The smallest absolute Gasteiger partial charge is 0.324 e. The molecule has 2 N–H and O–H groups in total. The van der Waals surface area contributed by atoms with E-state index >= 15 is 0 Å². The summed E-state index contributed by atoms with van der Waals surface area (Å²) in [4.78, 5) is 13.5. The number of aliphatic carboxylic acids is 1. The molecule has 0 spiro atoms. The molecule has 1 rings (SSSR count). The molecular formula is C12H24N2O2. The van der Waals surface area contributed by atoms with E-state index in [1.165, 1.54) is 25.7 Å². The van der Waals surface area contributed by atoms with Gasteiger partial charge in [0.2, 0.25) is 0 Å².